The predicted octanol–water partition coefficient (Wildman–Crippen LogP) is 4.58. The molecule has 4 fully saturated rings. The van der Waals surface area contributed by atoms with Crippen LogP contribution >= 0.6 is 0 Å². The molecule has 0 aromatic heterocycles. The number of hydrogen-bond acceptors (Lipinski definition) is 2. The second-order valence-electron chi connectivity index (χ2n) is 7.85. The van der Waals surface area contributed by atoms with E-state index in [1.165, 1.54) is 0 Å². The van der Waals surface area contributed by atoms with Gasteiger partial charge in [0.1, 0.15) is 6.61 Å². The number of halogens is 5. The number of hydrogen-bond donors (Lipinski definition) is 0. The van der Waals surface area contributed by atoms with Crippen molar-refractivity contribution in [2.24, 2.45) is 29.1 Å². The zero-order valence-electron chi connectivity index (χ0n) is 13.0. The second kappa shape index (κ2) is 5.31. The predicted molar refractivity (Wildman–Crippen MR) is 71.7 cm³/mol. The summed E-state index contributed by atoms with van der Waals surface area (Å²) >= 11 is 0. The highest BCUT2D eigenvalue weighted by Gasteiger charge is 2.57. The Labute approximate surface area is 131 Å². The highest BCUT2D eigenvalue weighted by molar-refractivity contribution is 5.77. The molecule has 0 amide bonds. The first-order valence-corrected chi connectivity index (χ1v) is 8.11. The maximum atomic E-state index is 13.2. The van der Waals surface area contributed by atoms with Crippen LogP contribution in [0.5, 0.6) is 0 Å². The largest absolute Gasteiger partial charge is 0.464 e. The molecule has 4 bridgehead atoms. The average Bonchev–Trinajstić information content (AvgIpc) is 2.33. The Morgan fingerprint density at radius 2 is 1.48 bits per heavy atom. The van der Waals surface area contributed by atoms with Crippen molar-refractivity contribution in [1.82, 2.24) is 0 Å². The summed E-state index contributed by atoms with van der Waals surface area (Å²) in [5.41, 5.74) is -0.728. The van der Waals surface area contributed by atoms with Gasteiger partial charge in [-0.25, -0.2) is 8.78 Å². The van der Waals surface area contributed by atoms with Gasteiger partial charge in [0, 0.05) is 6.92 Å². The lowest BCUT2D eigenvalue weighted by Crippen LogP contribution is -2.51. The molecule has 4 aliphatic rings. The molecule has 132 valence electrons. The van der Waals surface area contributed by atoms with Crippen LogP contribution < -0.4 is 0 Å². The highest BCUT2D eigenvalue weighted by Crippen LogP contribution is 2.60. The Balaban J connectivity index is 1.67. The Morgan fingerprint density at radius 3 is 1.83 bits per heavy atom. The van der Waals surface area contributed by atoms with Gasteiger partial charge >= 0.3 is 12.1 Å². The van der Waals surface area contributed by atoms with Gasteiger partial charge in [-0.3, -0.25) is 4.79 Å². The molecule has 7 heteroatoms. The molecule has 4 aliphatic carbocycles. The Hall–Kier alpha value is -0.880. The van der Waals surface area contributed by atoms with E-state index >= 15 is 0 Å². The molecule has 4 rings (SSSR count). The molecule has 1 atom stereocenters. The van der Waals surface area contributed by atoms with Crippen LogP contribution in [0.4, 0.5) is 22.0 Å². The normalized spacial score (nSPS) is 37.7. The van der Waals surface area contributed by atoms with Crippen LogP contribution in [-0.4, -0.2) is 24.7 Å². The van der Waals surface area contributed by atoms with Gasteiger partial charge in [-0.05, 0) is 56.3 Å². The van der Waals surface area contributed by atoms with Gasteiger partial charge < -0.3 is 4.74 Å². The van der Waals surface area contributed by atoms with Crippen LogP contribution in [0.1, 0.15) is 45.4 Å². The molecule has 4 saturated carbocycles. The minimum absolute atomic E-state index is 0.212. The average molecular weight is 340 g/mol. The quantitative estimate of drug-likeness (QED) is 0.553. The van der Waals surface area contributed by atoms with Crippen LogP contribution in [-0.2, 0) is 9.53 Å². The fourth-order valence-electron chi connectivity index (χ4n) is 5.20. The van der Waals surface area contributed by atoms with Crippen molar-refractivity contribution in [2.75, 3.05) is 6.61 Å². The summed E-state index contributed by atoms with van der Waals surface area (Å²) in [6.07, 6.45) is 0.0331. The van der Waals surface area contributed by atoms with Crippen molar-refractivity contribution < 1.29 is 31.5 Å². The minimum atomic E-state index is -5.10. The molecule has 0 aromatic rings. The van der Waals surface area contributed by atoms with E-state index in [2.05, 4.69) is 0 Å². The summed E-state index contributed by atoms with van der Waals surface area (Å²) in [5.74, 6) is -6.33. The molecule has 0 heterocycles. The maximum absolute atomic E-state index is 13.2. The van der Waals surface area contributed by atoms with E-state index in [0.717, 1.165) is 19.3 Å². The Morgan fingerprint density at radius 1 is 1.04 bits per heavy atom. The summed E-state index contributed by atoms with van der Waals surface area (Å²) in [7, 11) is 0. The topological polar surface area (TPSA) is 26.3 Å². The lowest BCUT2D eigenvalue weighted by Gasteiger charge is -2.55. The lowest BCUT2D eigenvalue weighted by atomic mass is 9.49. The highest BCUT2D eigenvalue weighted by atomic mass is 19.4. The molecule has 0 spiro atoms. The first-order chi connectivity index (χ1) is 10.5. The van der Waals surface area contributed by atoms with Crippen molar-refractivity contribution in [1.29, 1.82) is 0 Å². The zero-order chi connectivity index (χ0) is 17.0. The maximum Gasteiger partial charge on any atom is 0.400 e. The van der Waals surface area contributed by atoms with E-state index in [1.807, 2.05) is 0 Å². The third kappa shape index (κ3) is 3.20. The van der Waals surface area contributed by atoms with Crippen LogP contribution in [0.2, 0.25) is 0 Å². The lowest BCUT2D eigenvalue weighted by molar-refractivity contribution is -0.248. The van der Waals surface area contributed by atoms with Gasteiger partial charge in [0.15, 0.2) is 5.92 Å². The third-order valence-electron chi connectivity index (χ3n) is 5.86. The first kappa shape index (κ1) is 17.0. The number of carbonyl (C=O) groups excluding carboxylic acids is 1. The zero-order valence-corrected chi connectivity index (χ0v) is 13.0. The number of alkyl halides is 5. The van der Waals surface area contributed by atoms with Crippen LogP contribution in [0, 0.1) is 29.1 Å². The molecule has 1 unspecified atom stereocenters. The fraction of sp³-hybridized carbons (Fsp3) is 0.938. The molecule has 0 aromatic carbocycles. The second-order valence-corrected chi connectivity index (χ2v) is 7.85. The molecular formula is C16H21F5O2. The van der Waals surface area contributed by atoms with Gasteiger partial charge in [-0.2, -0.15) is 13.2 Å². The van der Waals surface area contributed by atoms with Gasteiger partial charge in [0.25, 0.3) is 5.92 Å². The van der Waals surface area contributed by atoms with Crippen LogP contribution in [0.25, 0.3) is 0 Å². The Kier molecular flexibility index (Phi) is 3.92. The van der Waals surface area contributed by atoms with Crippen molar-refractivity contribution in [3.8, 4) is 0 Å². The van der Waals surface area contributed by atoms with Crippen LogP contribution in [0.15, 0.2) is 0 Å². The first-order valence-electron chi connectivity index (χ1n) is 8.11. The SMILES string of the molecule is CC(F)(F)C(COC(=O)C12CC3CC(CC(C3)C1)C2)C(F)(F)F. The summed E-state index contributed by atoms with van der Waals surface area (Å²) in [6, 6.07) is 0. The molecular weight excluding hydrogens is 319 g/mol. The molecule has 2 nitrogen and oxygen atoms in total. The van der Waals surface area contributed by atoms with Crippen molar-refractivity contribution in [3.63, 3.8) is 0 Å². The molecule has 0 N–H and O–H groups in total. The number of esters is 1. The summed E-state index contributed by atoms with van der Waals surface area (Å²) in [5, 5.41) is 0. The van der Waals surface area contributed by atoms with Crippen molar-refractivity contribution >= 4 is 5.97 Å². The third-order valence-corrected chi connectivity index (χ3v) is 5.86. The standard InChI is InChI=1S/C16H21F5O2/c1-14(17,18)12(16(19,20)21)8-23-13(22)15-5-9-2-10(6-15)4-11(3-9)7-15/h9-12H,2-8H2,1H3. The monoisotopic (exact) mass is 340 g/mol. The summed E-state index contributed by atoms with van der Waals surface area (Å²) < 4.78 is 69.4. The van der Waals surface area contributed by atoms with E-state index in [4.69, 9.17) is 4.74 Å². The fourth-order valence-corrected chi connectivity index (χ4v) is 5.20. The van der Waals surface area contributed by atoms with Gasteiger partial charge in [-0.1, -0.05) is 0 Å². The number of ether oxygens (including phenoxy) is 1. The molecule has 0 aliphatic heterocycles. The van der Waals surface area contributed by atoms with E-state index in [1.54, 1.807) is 0 Å². The number of rotatable bonds is 4. The van der Waals surface area contributed by atoms with Crippen molar-refractivity contribution in [2.45, 2.75) is 57.5 Å². The summed E-state index contributed by atoms with van der Waals surface area (Å²) in [4.78, 5) is 12.4. The summed E-state index contributed by atoms with van der Waals surface area (Å²) in [6.45, 7) is -1.09. The van der Waals surface area contributed by atoms with Gasteiger partial charge in [-0.15, -0.1) is 0 Å². The molecule has 0 saturated heterocycles. The molecule has 0 radical (unpaired) electrons. The minimum Gasteiger partial charge on any atom is -0.464 e. The van der Waals surface area contributed by atoms with E-state index in [9.17, 15) is 26.7 Å². The molecule has 23 heavy (non-hydrogen) atoms. The Bertz CT molecular complexity index is 431. The van der Waals surface area contributed by atoms with Gasteiger partial charge in [0.05, 0.1) is 5.41 Å². The van der Waals surface area contributed by atoms with E-state index < -0.39 is 36.0 Å². The van der Waals surface area contributed by atoms with Gasteiger partial charge in [0.2, 0.25) is 0 Å². The smallest absolute Gasteiger partial charge is 0.400 e. The van der Waals surface area contributed by atoms with Crippen molar-refractivity contribution in [3.05, 3.63) is 0 Å². The van der Waals surface area contributed by atoms with Crippen LogP contribution in [0.3, 0.4) is 0 Å². The number of carbonyl (C=O) groups is 1. The van der Waals surface area contributed by atoms with E-state index in [0.29, 0.717) is 37.0 Å². The van der Waals surface area contributed by atoms with E-state index in [-0.39, 0.29) is 6.92 Å².